The van der Waals surface area contributed by atoms with Crippen LogP contribution in [0.25, 0.3) is 6.08 Å². The zero-order valence-electron chi connectivity index (χ0n) is 9.89. The van der Waals surface area contributed by atoms with Crippen LogP contribution in [0, 0.1) is 0 Å². The standard InChI is InChI=1S/C11H13NO.C3H3N/c1-13-10-5-6-11-9(8-10)4-2-3-7-12-11;1-2-4-3-1/h2,4-6,8,12H,3,7H2,1H3;1-3H. The fourth-order valence-electron chi connectivity index (χ4n) is 1.55. The average molecular weight is 228 g/mol. The Kier molecular flexibility index (Phi) is 3.97. The van der Waals surface area contributed by atoms with Gasteiger partial charge in [-0.2, -0.15) is 0 Å². The molecule has 2 heterocycles. The molecular weight excluding hydrogens is 212 g/mol. The highest BCUT2D eigenvalue weighted by Crippen LogP contribution is 2.24. The molecule has 2 aliphatic rings. The van der Waals surface area contributed by atoms with Crippen molar-refractivity contribution in [3.8, 4) is 5.75 Å². The van der Waals surface area contributed by atoms with Gasteiger partial charge in [-0.05, 0) is 30.7 Å². The second-order valence-corrected chi connectivity index (χ2v) is 3.71. The minimum Gasteiger partial charge on any atom is -0.497 e. The quantitative estimate of drug-likeness (QED) is 0.801. The maximum atomic E-state index is 5.16. The van der Waals surface area contributed by atoms with Crippen molar-refractivity contribution in [1.29, 1.82) is 0 Å². The Morgan fingerprint density at radius 2 is 2.12 bits per heavy atom. The van der Waals surface area contributed by atoms with Crippen LogP contribution in [0.2, 0.25) is 0 Å². The SMILES string of the molecule is C1=CN=C1.COc1ccc2c(c1)C=CCCN2. The van der Waals surface area contributed by atoms with E-state index in [4.69, 9.17) is 4.74 Å². The van der Waals surface area contributed by atoms with Crippen molar-refractivity contribution in [3.05, 3.63) is 42.1 Å². The van der Waals surface area contributed by atoms with Crippen molar-refractivity contribution in [1.82, 2.24) is 0 Å². The molecule has 0 saturated carbocycles. The molecule has 0 atom stereocenters. The molecule has 0 spiro atoms. The van der Waals surface area contributed by atoms with Crippen LogP contribution in [0.3, 0.4) is 0 Å². The van der Waals surface area contributed by atoms with Gasteiger partial charge >= 0.3 is 0 Å². The Bertz CT molecular complexity index is 443. The lowest BCUT2D eigenvalue weighted by atomic mass is 10.1. The van der Waals surface area contributed by atoms with Crippen molar-refractivity contribution in [2.75, 3.05) is 19.0 Å². The summed E-state index contributed by atoms with van der Waals surface area (Å²) >= 11 is 0. The van der Waals surface area contributed by atoms with E-state index in [1.807, 2.05) is 18.2 Å². The topological polar surface area (TPSA) is 33.6 Å². The van der Waals surface area contributed by atoms with Gasteiger partial charge in [0, 0.05) is 30.2 Å². The average Bonchev–Trinajstić information content (AvgIpc) is 2.50. The smallest absolute Gasteiger partial charge is 0.119 e. The molecule has 2 aliphatic heterocycles. The van der Waals surface area contributed by atoms with Crippen molar-refractivity contribution in [3.63, 3.8) is 0 Å². The molecule has 1 N–H and O–H groups in total. The Morgan fingerprint density at radius 3 is 2.76 bits per heavy atom. The first-order chi connectivity index (χ1) is 8.40. The van der Waals surface area contributed by atoms with E-state index in [0.29, 0.717) is 0 Å². The van der Waals surface area contributed by atoms with Crippen LogP contribution in [0.15, 0.2) is 41.5 Å². The van der Waals surface area contributed by atoms with Crippen LogP contribution >= 0.6 is 0 Å². The maximum absolute atomic E-state index is 5.16. The number of hydrogen-bond acceptors (Lipinski definition) is 3. The van der Waals surface area contributed by atoms with E-state index in [-0.39, 0.29) is 0 Å². The second-order valence-electron chi connectivity index (χ2n) is 3.71. The van der Waals surface area contributed by atoms with Gasteiger partial charge in [-0.1, -0.05) is 12.2 Å². The predicted molar refractivity (Wildman–Crippen MR) is 72.8 cm³/mol. The summed E-state index contributed by atoms with van der Waals surface area (Å²) in [5.41, 5.74) is 2.39. The van der Waals surface area contributed by atoms with Gasteiger partial charge in [-0.25, -0.2) is 0 Å². The van der Waals surface area contributed by atoms with Crippen LogP contribution < -0.4 is 10.1 Å². The number of fused-ring (bicyclic) bond motifs is 1. The first kappa shape index (κ1) is 11.5. The number of anilines is 1. The molecule has 0 unspecified atom stereocenters. The normalized spacial score (nSPS) is 14.6. The molecular formula is C14H16N2O. The highest BCUT2D eigenvalue weighted by Gasteiger charge is 2.03. The van der Waals surface area contributed by atoms with Gasteiger partial charge in [0.25, 0.3) is 0 Å². The van der Waals surface area contributed by atoms with E-state index in [9.17, 15) is 0 Å². The molecule has 17 heavy (non-hydrogen) atoms. The largest absolute Gasteiger partial charge is 0.497 e. The minimum absolute atomic E-state index is 0.909. The van der Waals surface area contributed by atoms with E-state index >= 15 is 0 Å². The van der Waals surface area contributed by atoms with E-state index in [0.717, 1.165) is 18.7 Å². The Morgan fingerprint density at radius 1 is 1.35 bits per heavy atom. The summed E-state index contributed by atoms with van der Waals surface area (Å²) in [7, 11) is 1.69. The number of allylic oxidation sites excluding steroid dienone is 1. The molecule has 0 amide bonds. The number of ether oxygens (including phenoxy) is 1. The molecule has 0 aromatic heterocycles. The number of hydrogen-bond donors (Lipinski definition) is 1. The molecule has 3 nitrogen and oxygen atoms in total. The van der Waals surface area contributed by atoms with Gasteiger partial charge in [0.1, 0.15) is 5.75 Å². The maximum Gasteiger partial charge on any atom is 0.119 e. The fourth-order valence-corrected chi connectivity index (χ4v) is 1.55. The summed E-state index contributed by atoms with van der Waals surface area (Å²) in [6, 6.07) is 6.08. The summed E-state index contributed by atoms with van der Waals surface area (Å²) in [4.78, 5) is 3.61. The Labute approximate surface area is 102 Å². The second kappa shape index (κ2) is 5.89. The van der Waals surface area contributed by atoms with Crippen LogP contribution in [0.1, 0.15) is 12.0 Å². The Hall–Kier alpha value is -2.03. The molecule has 1 aromatic rings. The van der Waals surface area contributed by atoms with Crippen LogP contribution in [-0.4, -0.2) is 19.9 Å². The number of rotatable bonds is 1. The van der Waals surface area contributed by atoms with Crippen LogP contribution in [-0.2, 0) is 0 Å². The minimum atomic E-state index is 0.909. The predicted octanol–water partition coefficient (Wildman–Crippen LogP) is 3.11. The fraction of sp³-hybridized carbons (Fsp3) is 0.214. The van der Waals surface area contributed by atoms with Gasteiger partial charge in [-0.3, -0.25) is 4.99 Å². The lowest BCUT2D eigenvalue weighted by Crippen LogP contribution is -1.99. The highest BCUT2D eigenvalue weighted by atomic mass is 16.5. The summed E-state index contributed by atoms with van der Waals surface area (Å²) in [5, 5.41) is 3.36. The molecule has 0 aliphatic carbocycles. The van der Waals surface area contributed by atoms with Gasteiger partial charge < -0.3 is 10.1 Å². The number of nitrogens with zero attached hydrogens (tertiary/aromatic N) is 1. The third-order valence-corrected chi connectivity index (χ3v) is 2.53. The molecule has 0 saturated heterocycles. The molecule has 88 valence electrons. The summed E-state index contributed by atoms with van der Waals surface area (Å²) in [6.45, 7) is 1.01. The Balaban J connectivity index is 0.000000228. The van der Waals surface area contributed by atoms with E-state index < -0.39 is 0 Å². The lowest BCUT2D eigenvalue weighted by molar-refractivity contribution is 0.415. The zero-order chi connectivity index (χ0) is 11.9. The van der Waals surface area contributed by atoms with Gasteiger partial charge in [0.05, 0.1) is 7.11 Å². The number of aliphatic imine (C=N–C) groups is 1. The monoisotopic (exact) mass is 228 g/mol. The molecule has 0 bridgehead atoms. The van der Waals surface area contributed by atoms with E-state index in [2.05, 4.69) is 28.5 Å². The summed E-state index contributed by atoms with van der Waals surface area (Å²) in [5.74, 6) is 0.909. The van der Waals surface area contributed by atoms with Crippen molar-refractivity contribution < 1.29 is 4.74 Å². The van der Waals surface area contributed by atoms with Crippen LogP contribution in [0.4, 0.5) is 5.69 Å². The van der Waals surface area contributed by atoms with Gasteiger partial charge in [0.2, 0.25) is 0 Å². The number of methoxy groups -OCH3 is 1. The third-order valence-electron chi connectivity index (χ3n) is 2.53. The van der Waals surface area contributed by atoms with Crippen molar-refractivity contribution in [2.24, 2.45) is 4.99 Å². The van der Waals surface area contributed by atoms with Gasteiger partial charge in [-0.15, -0.1) is 0 Å². The molecule has 3 heteroatoms. The van der Waals surface area contributed by atoms with E-state index in [1.165, 1.54) is 11.3 Å². The highest BCUT2D eigenvalue weighted by molar-refractivity contribution is 5.76. The number of nitrogens with one attached hydrogen (secondary N) is 1. The van der Waals surface area contributed by atoms with Crippen molar-refractivity contribution in [2.45, 2.75) is 6.42 Å². The van der Waals surface area contributed by atoms with Gasteiger partial charge in [0.15, 0.2) is 0 Å². The first-order valence-corrected chi connectivity index (χ1v) is 5.67. The lowest BCUT2D eigenvalue weighted by Gasteiger charge is -2.07. The van der Waals surface area contributed by atoms with Crippen molar-refractivity contribution >= 4 is 18.0 Å². The molecule has 0 fully saturated rings. The molecule has 1 aromatic carbocycles. The number of benzene rings is 1. The van der Waals surface area contributed by atoms with Crippen LogP contribution in [0.5, 0.6) is 5.75 Å². The third kappa shape index (κ3) is 3.21. The molecule has 0 radical (unpaired) electrons. The molecule has 3 rings (SSSR count). The zero-order valence-corrected chi connectivity index (χ0v) is 9.89. The summed E-state index contributed by atoms with van der Waals surface area (Å²) < 4.78 is 5.16. The van der Waals surface area contributed by atoms with E-state index in [1.54, 1.807) is 19.5 Å². The first-order valence-electron chi connectivity index (χ1n) is 5.67. The summed E-state index contributed by atoms with van der Waals surface area (Å²) in [6.07, 6.45) is 10.8.